The fraction of sp³-hybridized carbons (Fsp3) is 0.923. The predicted molar refractivity (Wildman–Crippen MR) is 66.7 cm³/mol. The molecule has 0 saturated heterocycles. The maximum absolute atomic E-state index is 8.83. The summed E-state index contributed by atoms with van der Waals surface area (Å²) in [6.07, 6.45) is 12.0. The van der Waals surface area contributed by atoms with E-state index in [4.69, 9.17) is 5.21 Å². The predicted octanol–water partition coefficient (Wildman–Crippen LogP) is 4.76. The minimum absolute atomic E-state index is 0.989. The lowest BCUT2D eigenvalue weighted by Crippen LogP contribution is -1.98. The molecule has 0 aliphatic rings. The van der Waals surface area contributed by atoms with Crippen LogP contribution in [0.5, 0.6) is 0 Å². The third kappa shape index (κ3) is 9.77. The lowest BCUT2D eigenvalue weighted by molar-refractivity contribution is 0.315. The normalized spacial score (nSPS) is 10.3. The average Bonchev–Trinajstić information content (AvgIpc) is 2.27. The van der Waals surface area contributed by atoms with Crippen molar-refractivity contribution in [3.63, 3.8) is 0 Å². The highest BCUT2D eigenvalue weighted by Gasteiger charge is 2.00. The molecule has 0 bridgehead atoms. The van der Waals surface area contributed by atoms with Crippen molar-refractivity contribution in [2.24, 2.45) is 5.16 Å². The molecule has 0 aromatic heterocycles. The molecule has 0 aliphatic carbocycles. The molecule has 90 valence electrons. The number of oxime groups is 1. The molecule has 0 heterocycles. The zero-order valence-corrected chi connectivity index (χ0v) is 10.5. The Balaban J connectivity index is 3.39. The Labute approximate surface area is 94.8 Å². The molecule has 0 radical (unpaired) electrons. The van der Waals surface area contributed by atoms with E-state index in [9.17, 15) is 0 Å². The Morgan fingerprint density at radius 2 is 1.27 bits per heavy atom. The van der Waals surface area contributed by atoms with Crippen LogP contribution in [0.2, 0.25) is 0 Å². The van der Waals surface area contributed by atoms with E-state index in [-0.39, 0.29) is 0 Å². The summed E-state index contributed by atoms with van der Waals surface area (Å²) in [6.45, 7) is 4.43. The van der Waals surface area contributed by atoms with Crippen molar-refractivity contribution in [2.45, 2.75) is 78.1 Å². The lowest BCUT2D eigenvalue weighted by atomic mass is 10.0. The Hall–Kier alpha value is -0.530. The van der Waals surface area contributed by atoms with E-state index in [1.165, 1.54) is 51.4 Å². The summed E-state index contributed by atoms with van der Waals surface area (Å²) in [4.78, 5) is 0. The third-order valence-electron chi connectivity index (χ3n) is 2.78. The zero-order valence-electron chi connectivity index (χ0n) is 10.5. The van der Waals surface area contributed by atoms with Gasteiger partial charge in [0.1, 0.15) is 0 Å². The van der Waals surface area contributed by atoms with Gasteiger partial charge < -0.3 is 5.21 Å². The van der Waals surface area contributed by atoms with Crippen LogP contribution in [0.4, 0.5) is 0 Å². The van der Waals surface area contributed by atoms with Gasteiger partial charge in [0.05, 0.1) is 5.71 Å². The summed E-state index contributed by atoms with van der Waals surface area (Å²) in [7, 11) is 0. The van der Waals surface area contributed by atoms with Gasteiger partial charge in [-0.1, -0.05) is 57.5 Å². The van der Waals surface area contributed by atoms with E-state index in [1.54, 1.807) is 0 Å². The first-order valence-corrected chi connectivity index (χ1v) is 6.54. The molecular formula is C13H27NO. The van der Waals surface area contributed by atoms with Gasteiger partial charge in [0.15, 0.2) is 0 Å². The molecule has 0 aromatic rings. The Morgan fingerprint density at radius 3 is 1.60 bits per heavy atom. The van der Waals surface area contributed by atoms with E-state index in [0.717, 1.165) is 18.6 Å². The number of hydrogen-bond donors (Lipinski definition) is 1. The second kappa shape index (κ2) is 11.5. The van der Waals surface area contributed by atoms with E-state index in [1.807, 2.05) is 0 Å². The molecule has 0 amide bonds. The van der Waals surface area contributed by atoms with Gasteiger partial charge in [-0.2, -0.15) is 0 Å². The third-order valence-corrected chi connectivity index (χ3v) is 2.78. The SMILES string of the molecule is CCCCCCC(CCCCCC)=NO. The van der Waals surface area contributed by atoms with E-state index in [0.29, 0.717) is 0 Å². The number of unbranched alkanes of at least 4 members (excludes halogenated alkanes) is 6. The van der Waals surface area contributed by atoms with Crippen LogP contribution in [-0.4, -0.2) is 10.9 Å². The molecule has 0 fully saturated rings. The molecule has 0 atom stereocenters. The smallest absolute Gasteiger partial charge is 0.0570 e. The Bertz CT molecular complexity index is 141. The number of hydrogen-bond acceptors (Lipinski definition) is 2. The van der Waals surface area contributed by atoms with Crippen molar-refractivity contribution in [1.82, 2.24) is 0 Å². The summed E-state index contributed by atoms with van der Waals surface area (Å²) in [5.74, 6) is 0. The van der Waals surface area contributed by atoms with E-state index < -0.39 is 0 Å². The molecule has 0 aromatic carbocycles. The highest BCUT2D eigenvalue weighted by Crippen LogP contribution is 2.09. The molecule has 0 aliphatic heterocycles. The van der Waals surface area contributed by atoms with Crippen LogP contribution in [0, 0.1) is 0 Å². The van der Waals surface area contributed by atoms with Crippen molar-refractivity contribution in [1.29, 1.82) is 0 Å². The van der Waals surface area contributed by atoms with Crippen LogP contribution >= 0.6 is 0 Å². The first-order chi connectivity index (χ1) is 7.35. The molecule has 15 heavy (non-hydrogen) atoms. The van der Waals surface area contributed by atoms with Crippen LogP contribution < -0.4 is 0 Å². The lowest BCUT2D eigenvalue weighted by Gasteiger charge is -2.03. The summed E-state index contributed by atoms with van der Waals surface area (Å²) in [5.41, 5.74) is 1.00. The van der Waals surface area contributed by atoms with E-state index in [2.05, 4.69) is 19.0 Å². The van der Waals surface area contributed by atoms with Crippen molar-refractivity contribution in [2.75, 3.05) is 0 Å². The van der Waals surface area contributed by atoms with Gasteiger partial charge in [-0.05, 0) is 25.7 Å². The zero-order chi connectivity index (χ0) is 11.4. The maximum Gasteiger partial charge on any atom is 0.0570 e. The van der Waals surface area contributed by atoms with Crippen molar-refractivity contribution in [3.05, 3.63) is 0 Å². The van der Waals surface area contributed by atoms with Gasteiger partial charge in [-0.15, -0.1) is 0 Å². The topological polar surface area (TPSA) is 32.6 Å². The molecule has 0 unspecified atom stereocenters. The van der Waals surface area contributed by atoms with Gasteiger partial charge in [0.25, 0.3) is 0 Å². The van der Waals surface area contributed by atoms with E-state index >= 15 is 0 Å². The van der Waals surface area contributed by atoms with Gasteiger partial charge in [0.2, 0.25) is 0 Å². The second-order valence-electron chi connectivity index (χ2n) is 4.29. The molecule has 2 heteroatoms. The number of rotatable bonds is 10. The van der Waals surface area contributed by atoms with Gasteiger partial charge in [-0.25, -0.2) is 0 Å². The average molecular weight is 213 g/mol. The Kier molecular flexibility index (Phi) is 11.1. The highest BCUT2D eigenvalue weighted by molar-refractivity contribution is 5.83. The summed E-state index contributed by atoms with van der Waals surface area (Å²) in [5, 5.41) is 12.2. The molecule has 0 saturated carbocycles. The fourth-order valence-electron chi connectivity index (χ4n) is 1.74. The molecule has 0 rings (SSSR count). The fourth-order valence-corrected chi connectivity index (χ4v) is 1.74. The van der Waals surface area contributed by atoms with Crippen molar-refractivity contribution >= 4 is 5.71 Å². The molecule has 1 N–H and O–H groups in total. The standard InChI is InChI=1S/C13H27NO/c1-3-5-7-9-11-13(14-15)12-10-8-6-4-2/h15H,3-12H2,1-2H3. The summed E-state index contributed by atoms with van der Waals surface area (Å²) < 4.78 is 0. The van der Waals surface area contributed by atoms with Crippen LogP contribution in [0.1, 0.15) is 78.1 Å². The minimum Gasteiger partial charge on any atom is -0.411 e. The van der Waals surface area contributed by atoms with Gasteiger partial charge in [0, 0.05) is 0 Å². The second-order valence-corrected chi connectivity index (χ2v) is 4.29. The number of nitrogens with zero attached hydrogens (tertiary/aromatic N) is 1. The summed E-state index contributed by atoms with van der Waals surface area (Å²) >= 11 is 0. The highest BCUT2D eigenvalue weighted by atomic mass is 16.4. The first-order valence-electron chi connectivity index (χ1n) is 6.54. The maximum atomic E-state index is 8.83. The quantitative estimate of drug-likeness (QED) is 0.241. The van der Waals surface area contributed by atoms with Crippen LogP contribution in [-0.2, 0) is 0 Å². The van der Waals surface area contributed by atoms with Crippen molar-refractivity contribution in [3.8, 4) is 0 Å². The largest absolute Gasteiger partial charge is 0.411 e. The molecule has 2 nitrogen and oxygen atoms in total. The Morgan fingerprint density at radius 1 is 0.800 bits per heavy atom. The van der Waals surface area contributed by atoms with Crippen LogP contribution in [0.15, 0.2) is 5.16 Å². The molecule has 0 spiro atoms. The van der Waals surface area contributed by atoms with Gasteiger partial charge >= 0.3 is 0 Å². The first kappa shape index (κ1) is 14.5. The minimum atomic E-state index is 0.989. The van der Waals surface area contributed by atoms with Crippen LogP contribution in [0.3, 0.4) is 0 Å². The van der Waals surface area contributed by atoms with Crippen molar-refractivity contribution < 1.29 is 5.21 Å². The molecular weight excluding hydrogens is 186 g/mol. The van der Waals surface area contributed by atoms with Gasteiger partial charge in [-0.3, -0.25) is 0 Å². The summed E-state index contributed by atoms with van der Waals surface area (Å²) in [6, 6.07) is 0. The monoisotopic (exact) mass is 213 g/mol. The van der Waals surface area contributed by atoms with Crippen LogP contribution in [0.25, 0.3) is 0 Å².